The van der Waals surface area contributed by atoms with Crippen molar-refractivity contribution < 1.29 is 23.0 Å². The highest BCUT2D eigenvalue weighted by Gasteiger charge is 2.39. The van der Waals surface area contributed by atoms with E-state index in [1.807, 2.05) is 4.90 Å². The molecule has 1 aliphatic heterocycles. The van der Waals surface area contributed by atoms with Gasteiger partial charge in [-0.1, -0.05) is 18.2 Å². The van der Waals surface area contributed by atoms with E-state index in [0.717, 1.165) is 6.07 Å². The van der Waals surface area contributed by atoms with Gasteiger partial charge in [-0.25, -0.2) is 0 Å². The number of halogens is 3. The number of methoxy groups -OCH3 is 1. The summed E-state index contributed by atoms with van der Waals surface area (Å²) in [5.74, 6) is 0.636. The van der Waals surface area contributed by atoms with E-state index in [0.29, 0.717) is 24.5 Å². The molecular formula is C18H19F3N2O2. The van der Waals surface area contributed by atoms with E-state index < -0.39 is 23.9 Å². The molecule has 1 saturated heterocycles. The zero-order chi connectivity index (χ0) is 18.0. The van der Waals surface area contributed by atoms with E-state index in [1.165, 1.54) is 12.1 Å². The lowest BCUT2D eigenvalue weighted by Gasteiger charge is -2.26. The number of nitrogens with zero attached hydrogens (tertiary/aromatic N) is 2. The lowest BCUT2D eigenvalue weighted by molar-refractivity contribution is -0.138. The van der Waals surface area contributed by atoms with E-state index in [4.69, 9.17) is 4.74 Å². The first-order valence-electron chi connectivity index (χ1n) is 7.95. The van der Waals surface area contributed by atoms with Gasteiger partial charge in [-0.3, -0.25) is 9.88 Å². The minimum absolute atomic E-state index is 0.189. The largest absolute Gasteiger partial charge is 0.497 e. The number of aromatic nitrogens is 1. The molecule has 0 radical (unpaired) electrons. The van der Waals surface area contributed by atoms with Crippen molar-refractivity contribution in [3.8, 4) is 5.75 Å². The normalized spacial score (nSPS) is 21.5. The second kappa shape index (κ2) is 7.01. The Labute approximate surface area is 143 Å². The van der Waals surface area contributed by atoms with Gasteiger partial charge >= 0.3 is 6.18 Å². The van der Waals surface area contributed by atoms with Crippen molar-refractivity contribution >= 4 is 0 Å². The number of pyridine rings is 1. The standard InChI is InChI=1S/C18H19F3N2O2/c1-25-14-6-7-22-12(8-14)10-23-11-13(24)9-17(23)15-4-2-3-5-16(15)18(19,20)21/h2-8,13,17,24H,9-11H2,1H3/t13-,17+/m0/s1. The van der Waals surface area contributed by atoms with Crippen LogP contribution in [-0.4, -0.2) is 34.7 Å². The van der Waals surface area contributed by atoms with Crippen molar-refractivity contribution in [3.63, 3.8) is 0 Å². The summed E-state index contributed by atoms with van der Waals surface area (Å²) in [4.78, 5) is 6.08. The molecule has 1 N–H and O–H groups in total. The predicted molar refractivity (Wildman–Crippen MR) is 86.0 cm³/mol. The minimum atomic E-state index is -4.43. The number of rotatable bonds is 4. The van der Waals surface area contributed by atoms with E-state index in [1.54, 1.807) is 31.5 Å². The fraction of sp³-hybridized carbons (Fsp3) is 0.389. The lowest BCUT2D eigenvalue weighted by atomic mass is 9.97. The molecule has 2 aromatic rings. The lowest BCUT2D eigenvalue weighted by Crippen LogP contribution is -2.26. The summed E-state index contributed by atoms with van der Waals surface area (Å²) in [6.45, 7) is 0.640. The van der Waals surface area contributed by atoms with Gasteiger partial charge in [-0.2, -0.15) is 13.2 Å². The Bertz CT molecular complexity index is 736. The Balaban J connectivity index is 1.90. The minimum Gasteiger partial charge on any atom is -0.497 e. The summed E-state index contributed by atoms with van der Waals surface area (Å²) in [5, 5.41) is 10.0. The topological polar surface area (TPSA) is 45.6 Å². The molecule has 1 fully saturated rings. The quantitative estimate of drug-likeness (QED) is 0.916. The maximum atomic E-state index is 13.3. The summed E-state index contributed by atoms with van der Waals surface area (Å²) < 4.78 is 45.2. The number of β-amino-alcohol motifs (C(OH)–C–C–N with tert-alkyl or cyclic N) is 1. The molecule has 25 heavy (non-hydrogen) atoms. The van der Waals surface area contributed by atoms with Crippen LogP contribution >= 0.6 is 0 Å². The summed E-state index contributed by atoms with van der Waals surface area (Å²) in [6.07, 6.45) is -3.24. The molecule has 0 aliphatic carbocycles. The molecule has 7 heteroatoms. The van der Waals surface area contributed by atoms with Gasteiger partial charge in [0.1, 0.15) is 5.75 Å². The molecule has 0 saturated carbocycles. The molecule has 0 bridgehead atoms. The molecule has 2 atom stereocenters. The van der Waals surface area contributed by atoms with Gasteiger partial charge in [-0.15, -0.1) is 0 Å². The van der Waals surface area contributed by atoms with Crippen LogP contribution in [0.15, 0.2) is 42.6 Å². The highest BCUT2D eigenvalue weighted by atomic mass is 19.4. The van der Waals surface area contributed by atoms with Crippen molar-refractivity contribution in [2.45, 2.75) is 31.3 Å². The fourth-order valence-corrected chi connectivity index (χ4v) is 3.30. The molecule has 1 aromatic heterocycles. The number of aliphatic hydroxyl groups excluding tert-OH is 1. The molecule has 1 aromatic carbocycles. The first-order valence-corrected chi connectivity index (χ1v) is 7.95. The number of aliphatic hydroxyl groups is 1. The predicted octanol–water partition coefficient (Wildman–Crippen LogP) is 3.42. The van der Waals surface area contributed by atoms with Crippen LogP contribution in [0, 0.1) is 0 Å². The molecule has 0 amide bonds. The Kier molecular flexibility index (Phi) is 4.96. The SMILES string of the molecule is COc1ccnc(CN2C[C@@H](O)C[C@@H]2c2ccccc2C(F)(F)F)c1. The van der Waals surface area contributed by atoms with Crippen molar-refractivity contribution in [2.24, 2.45) is 0 Å². The van der Waals surface area contributed by atoms with Crippen LogP contribution in [-0.2, 0) is 12.7 Å². The van der Waals surface area contributed by atoms with Gasteiger partial charge in [0.05, 0.1) is 24.5 Å². The van der Waals surface area contributed by atoms with E-state index in [-0.39, 0.29) is 12.0 Å². The van der Waals surface area contributed by atoms with E-state index in [2.05, 4.69) is 4.98 Å². The van der Waals surface area contributed by atoms with Gasteiger partial charge < -0.3 is 9.84 Å². The summed E-state index contributed by atoms with van der Waals surface area (Å²) in [6, 6.07) is 8.49. The van der Waals surface area contributed by atoms with Gasteiger partial charge in [0, 0.05) is 31.4 Å². The van der Waals surface area contributed by atoms with Crippen LogP contribution in [0.4, 0.5) is 13.2 Å². The van der Waals surface area contributed by atoms with Crippen LogP contribution in [0.25, 0.3) is 0 Å². The Morgan fingerprint density at radius 2 is 2.04 bits per heavy atom. The first-order chi connectivity index (χ1) is 11.9. The number of benzene rings is 1. The van der Waals surface area contributed by atoms with Crippen molar-refractivity contribution in [2.75, 3.05) is 13.7 Å². The second-order valence-corrected chi connectivity index (χ2v) is 6.11. The second-order valence-electron chi connectivity index (χ2n) is 6.11. The molecule has 3 rings (SSSR count). The van der Waals surface area contributed by atoms with Crippen LogP contribution in [0.3, 0.4) is 0 Å². The first kappa shape index (κ1) is 17.7. The van der Waals surface area contributed by atoms with Gasteiger partial charge in [0.2, 0.25) is 0 Å². The smallest absolute Gasteiger partial charge is 0.416 e. The molecular weight excluding hydrogens is 333 g/mol. The summed E-state index contributed by atoms with van der Waals surface area (Å²) in [5.41, 5.74) is 0.218. The summed E-state index contributed by atoms with van der Waals surface area (Å²) in [7, 11) is 1.54. The Morgan fingerprint density at radius 1 is 1.28 bits per heavy atom. The highest BCUT2D eigenvalue weighted by molar-refractivity contribution is 5.33. The third kappa shape index (κ3) is 3.93. The van der Waals surface area contributed by atoms with Crippen LogP contribution in [0.1, 0.15) is 29.3 Å². The van der Waals surface area contributed by atoms with Crippen LogP contribution in [0.2, 0.25) is 0 Å². The van der Waals surface area contributed by atoms with Crippen molar-refractivity contribution in [1.29, 1.82) is 0 Å². The number of ether oxygens (including phenoxy) is 1. The maximum absolute atomic E-state index is 13.3. The fourth-order valence-electron chi connectivity index (χ4n) is 3.30. The van der Waals surface area contributed by atoms with Crippen molar-refractivity contribution in [3.05, 3.63) is 59.4 Å². The molecule has 4 nitrogen and oxygen atoms in total. The number of hydrogen-bond acceptors (Lipinski definition) is 4. The third-order valence-electron chi connectivity index (χ3n) is 4.40. The average Bonchev–Trinajstić information content (AvgIpc) is 2.94. The molecule has 2 heterocycles. The molecule has 1 aliphatic rings. The average molecular weight is 352 g/mol. The van der Waals surface area contributed by atoms with Crippen molar-refractivity contribution in [1.82, 2.24) is 9.88 Å². The van der Waals surface area contributed by atoms with Crippen LogP contribution < -0.4 is 4.74 Å². The molecule has 0 spiro atoms. The monoisotopic (exact) mass is 352 g/mol. The number of alkyl halides is 3. The van der Waals surface area contributed by atoms with Gasteiger partial charge in [0.15, 0.2) is 0 Å². The van der Waals surface area contributed by atoms with E-state index >= 15 is 0 Å². The number of hydrogen-bond donors (Lipinski definition) is 1. The van der Waals surface area contributed by atoms with Gasteiger partial charge in [-0.05, 0) is 24.1 Å². The third-order valence-corrected chi connectivity index (χ3v) is 4.40. The van der Waals surface area contributed by atoms with Gasteiger partial charge in [0.25, 0.3) is 0 Å². The number of likely N-dealkylation sites (tertiary alicyclic amines) is 1. The van der Waals surface area contributed by atoms with E-state index in [9.17, 15) is 18.3 Å². The molecule has 134 valence electrons. The zero-order valence-electron chi connectivity index (χ0n) is 13.7. The van der Waals surface area contributed by atoms with Crippen LogP contribution in [0.5, 0.6) is 5.75 Å². The summed E-state index contributed by atoms with van der Waals surface area (Å²) >= 11 is 0. The highest BCUT2D eigenvalue weighted by Crippen LogP contribution is 2.40. The Morgan fingerprint density at radius 3 is 2.76 bits per heavy atom. The Hall–Kier alpha value is -2.12. The maximum Gasteiger partial charge on any atom is 0.416 e. The molecule has 0 unspecified atom stereocenters. The zero-order valence-corrected chi connectivity index (χ0v) is 13.7.